The topological polar surface area (TPSA) is 55.8 Å². The van der Waals surface area contributed by atoms with Gasteiger partial charge in [-0.25, -0.2) is 0 Å². The van der Waals surface area contributed by atoms with E-state index in [9.17, 15) is 9.90 Å². The lowest BCUT2D eigenvalue weighted by Gasteiger charge is -2.15. The molecule has 0 fully saturated rings. The number of aliphatic hydroxyl groups is 1. The van der Waals surface area contributed by atoms with Gasteiger partial charge in [0.1, 0.15) is 6.10 Å². The Hall–Kier alpha value is -0.870. The van der Waals surface area contributed by atoms with E-state index in [4.69, 9.17) is 9.47 Å². The van der Waals surface area contributed by atoms with Crippen molar-refractivity contribution in [1.29, 1.82) is 0 Å². The van der Waals surface area contributed by atoms with E-state index >= 15 is 0 Å². The van der Waals surface area contributed by atoms with Crippen LogP contribution in [0.15, 0.2) is 12.2 Å². The average Bonchev–Trinajstić information content (AvgIpc) is 2.75. The number of allylic oxidation sites excluding steroid dienone is 2. The second-order valence-corrected chi connectivity index (χ2v) is 8.41. The van der Waals surface area contributed by atoms with Crippen LogP contribution < -0.4 is 0 Å². The normalized spacial score (nSPS) is 12.5. The summed E-state index contributed by atoms with van der Waals surface area (Å²) in [5.74, 6) is -0.218. The molecule has 0 saturated heterocycles. The summed E-state index contributed by atoms with van der Waals surface area (Å²) in [5.41, 5.74) is 0. The smallest absolute Gasteiger partial charge is 0.306 e. The summed E-state index contributed by atoms with van der Waals surface area (Å²) in [5, 5.41) is 9.37. The first-order valence-electron chi connectivity index (χ1n) is 12.8. The lowest BCUT2D eigenvalue weighted by Crippen LogP contribution is -2.27. The van der Waals surface area contributed by atoms with E-state index < -0.39 is 6.10 Å². The number of hydrogen-bond donors (Lipinski definition) is 1. The van der Waals surface area contributed by atoms with Gasteiger partial charge in [0.25, 0.3) is 0 Å². The molecule has 0 radical (unpaired) electrons. The monoisotopic (exact) mass is 426 g/mol. The molecule has 0 heterocycles. The first kappa shape index (κ1) is 29.1. The number of ether oxygens (including phenoxy) is 2. The van der Waals surface area contributed by atoms with E-state index in [1.165, 1.54) is 83.5 Å². The summed E-state index contributed by atoms with van der Waals surface area (Å²) in [6.07, 6.45) is 23.9. The summed E-state index contributed by atoms with van der Waals surface area (Å²) >= 11 is 0. The Morgan fingerprint density at radius 2 is 1.30 bits per heavy atom. The van der Waals surface area contributed by atoms with E-state index in [2.05, 4.69) is 26.0 Å². The lowest BCUT2D eigenvalue weighted by molar-refractivity contribution is -0.154. The summed E-state index contributed by atoms with van der Waals surface area (Å²) in [6, 6.07) is 0. The van der Waals surface area contributed by atoms with Crippen molar-refractivity contribution in [3.8, 4) is 0 Å². The van der Waals surface area contributed by atoms with E-state index in [1.807, 2.05) is 0 Å². The van der Waals surface area contributed by atoms with Crippen molar-refractivity contribution in [3.63, 3.8) is 0 Å². The van der Waals surface area contributed by atoms with Gasteiger partial charge in [-0.2, -0.15) is 0 Å². The molecule has 1 atom stereocenters. The van der Waals surface area contributed by atoms with E-state index in [-0.39, 0.29) is 12.6 Å². The van der Waals surface area contributed by atoms with Crippen LogP contribution in [0.25, 0.3) is 0 Å². The van der Waals surface area contributed by atoms with Crippen molar-refractivity contribution in [2.45, 2.75) is 129 Å². The summed E-state index contributed by atoms with van der Waals surface area (Å²) in [7, 11) is 0. The van der Waals surface area contributed by atoms with Crippen molar-refractivity contribution in [2.75, 3.05) is 19.8 Å². The minimum Gasteiger partial charge on any atom is -0.457 e. The maximum Gasteiger partial charge on any atom is 0.306 e. The van der Waals surface area contributed by atoms with Crippen molar-refractivity contribution in [2.24, 2.45) is 0 Å². The van der Waals surface area contributed by atoms with Crippen molar-refractivity contribution < 1.29 is 19.4 Å². The van der Waals surface area contributed by atoms with Gasteiger partial charge in [0, 0.05) is 13.0 Å². The minimum atomic E-state index is -0.525. The first-order chi connectivity index (χ1) is 14.7. The lowest BCUT2D eigenvalue weighted by atomic mass is 10.1. The van der Waals surface area contributed by atoms with Crippen molar-refractivity contribution in [3.05, 3.63) is 12.2 Å². The molecule has 0 aliphatic rings. The Morgan fingerprint density at radius 3 is 1.97 bits per heavy atom. The van der Waals surface area contributed by atoms with Gasteiger partial charge in [-0.1, -0.05) is 90.2 Å². The number of rotatable bonds is 23. The Labute approximate surface area is 186 Å². The maximum absolute atomic E-state index is 11.8. The Kier molecular flexibility index (Phi) is 23.7. The zero-order chi connectivity index (χ0) is 22.1. The highest BCUT2D eigenvalue weighted by atomic mass is 16.6. The fourth-order valence-electron chi connectivity index (χ4n) is 3.38. The van der Waals surface area contributed by atoms with Gasteiger partial charge in [-0.05, 0) is 38.5 Å². The van der Waals surface area contributed by atoms with Crippen molar-refractivity contribution in [1.82, 2.24) is 0 Å². The van der Waals surface area contributed by atoms with Crippen LogP contribution in [0.2, 0.25) is 0 Å². The molecule has 1 unspecified atom stereocenters. The first-order valence-corrected chi connectivity index (χ1v) is 12.8. The van der Waals surface area contributed by atoms with Gasteiger partial charge < -0.3 is 14.6 Å². The highest BCUT2D eigenvalue weighted by molar-refractivity contribution is 5.69. The third kappa shape index (κ3) is 21.8. The van der Waals surface area contributed by atoms with Crippen LogP contribution in [0.3, 0.4) is 0 Å². The van der Waals surface area contributed by atoms with Crippen LogP contribution in [0.5, 0.6) is 0 Å². The predicted molar refractivity (Wildman–Crippen MR) is 127 cm³/mol. The van der Waals surface area contributed by atoms with E-state index in [0.29, 0.717) is 19.6 Å². The van der Waals surface area contributed by atoms with Gasteiger partial charge in [-0.15, -0.1) is 0 Å². The molecule has 0 rings (SSSR count). The molecule has 0 aliphatic heterocycles. The maximum atomic E-state index is 11.8. The molecule has 0 spiro atoms. The molecular weight excluding hydrogens is 376 g/mol. The van der Waals surface area contributed by atoms with Crippen molar-refractivity contribution >= 4 is 5.97 Å². The van der Waals surface area contributed by atoms with Crippen LogP contribution in [0, 0.1) is 0 Å². The molecular formula is C26H50O4. The molecule has 0 bridgehead atoms. The number of hydrogen-bond acceptors (Lipinski definition) is 4. The highest BCUT2D eigenvalue weighted by Crippen LogP contribution is 2.09. The van der Waals surface area contributed by atoms with Crippen LogP contribution in [-0.2, 0) is 14.3 Å². The zero-order valence-electron chi connectivity index (χ0n) is 20.0. The third-order valence-corrected chi connectivity index (χ3v) is 5.34. The molecule has 4 heteroatoms. The molecule has 178 valence electrons. The minimum absolute atomic E-state index is 0.172. The molecule has 0 aromatic heterocycles. The number of carbonyl (C=O) groups is 1. The second kappa shape index (κ2) is 24.4. The van der Waals surface area contributed by atoms with Gasteiger partial charge >= 0.3 is 5.97 Å². The van der Waals surface area contributed by atoms with E-state index in [0.717, 1.165) is 19.3 Å². The van der Waals surface area contributed by atoms with Crippen LogP contribution in [0.4, 0.5) is 0 Å². The van der Waals surface area contributed by atoms with Crippen LogP contribution in [0.1, 0.15) is 123 Å². The van der Waals surface area contributed by atoms with Gasteiger partial charge in [0.15, 0.2) is 0 Å². The highest BCUT2D eigenvalue weighted by Gasteiger charge is 2.13. The second-order valence-electron chi connectivity index (χ2n) is 8.41. The van der Waals surface area contributed by atoms with Gasteiger partial charge in [-0.3, -0.25) is 4.79 Å². The third-order valence-electron chi connectivity index (χ3n) is 5.34. The summed E-state index contributed by atoms with van der Waals surface area (Å²) in [6.45, 7) is 5.22. The zero-order valence-corrected chi connectivity index (χ0v) is 20.0. The van der Waals surface area contributed by atoms with Gasteiger partial charge in [0.2, 0.25) is 0 Å². The largest absolute Gasteiger partial charge is 0.457 e. The standard InChI is InChI=1S/C26H50O4/c1-3-5-7-9-10-11-12-13-14-15-16-18-20-22-29-24-25(23-27)30-26(28)21-19-17-8-6-4-2/h10-11,25,27H,3-9,12-24H2,1-2H3/b11-10-. The summed E-state index contributed by atoms with van der Waals surface area (Å²) < 4.78 is 10.9. The quantitative estimate of drug-likeness (QED) is 0.107. The summed E-state index contributed by atoms with van der Waals surface area (Å²) in [4.78, 5) is 11.8. The van der Waals surface area contributed by atoms with Crippen LogP contribution in [-0.4, -0.2) is 37.0 Å². The average molecular weight is 427 g/mol. The number of carbonyl (C=O) groups excluding carboxylic acids is 1. The molecule has 0 aliphatic carbocycles. The Bertz CT molecular complexity index is 381. The van der Waals surface area contributed by atoms with Crippen LogP contribution >= 0.6 is 0 Å². The SMILES string of the molecule is CCCCC/C=C\CCCCCCCCOCC(CO)OC(=O)CCCCCCC. The Balaban J connectivity index is 3.43. The molecule has 4 nitrogen and oxygen atoms in total. The number of aliphatic hydroxyl groups excluding tert-OH is 1. The number of esters is 1. The molecule has 1 N–H and O–H groups in total. The fraction of sp³-hybridized carbons (Fsp3) is 0.885. The predicted octanol–water partition coefficient (Wildman–Crippen LogP) is 7.13. The molecule has 0 aromatic carbocycles. The molecule has 0 aromatic rings. The molecule has 0 saturated carbocycles. The molecule has 0 amide bonds. The Morgan fingerprint density at radius 1 is 0.767 bits per heavy atom. The van der Waals surface area contributed by atoms with Gasteiger partial charge in [0.05, 0.1) is 13.2 Å². The number of unbranched alkanes of at least 4 members (excludes halogenated alkanes) is 13. The molecule has 30 heavy (non-hydrogen) atoms. The van der Waals surface area contributed by atoms with E-state index in [1.54, 1.807) is 0 Å². The fourth-order valence-corrected chi connectivity index (χ4v) is 3.38.